The first-order valence-corrected chi connectivity index (χ1v) is 5.47. The molecular weight excluding hydrogens is 202 g/mol. The van der Waals surface area contributed by atoms with Crippen molar-refractivity contribution in [2.24, 2.45) is 0 Å². The minimum absolute atomic E-state index is 0.0622. The van der Waals surface area contributed by atoms with Gasteiger partial charge in [-0.3, -0.25) is 0 Å². The maximum atomic E-state index is 9.13. The lowest BCUT2D eigenvalue weighted by Crippen LogP contribution is -2.00. The lowest BCUT2D eigenvalue weighted by molar-refractivity contribution is 0.270. The number of ether oxygens (including phenoxy) is 1. The molecule has 0 amide bonds. The number of pyridine rings is 1. The van der Waals surface area contributed by atoms with Gasteiger partial charge in [-0.05, 0) is 23.9 Å². The van der Waals surface area contributed by atoms with Crippen molar-refractivity contribution in [3.63, 3.8) is 0 Å². The van der Waals surface area contributed by atoms with Crippen LogP contribution in [0.25, 0.3) is 10.8 Å². The van der Waals surface area contributed by atoms with E-state index < -0.39 is 0 Å². The van der Waals surface area contributed by atoms with E-state index in [1.807, 2.05) is 30.3 Å². The van der Waals surface area contributed by atoms with Gasteiger partial charge in [0.2, 0.25) is 5.88 Å². The summed E-state index contributed by atoms with van der Waals surface area (Å²) in [5.74, 6) is 0.615. The van der Waals surface area contributed by atoms with Gasteiger partial charge in [0.15, 0.2) is 0 Å². The van der Waals surface area contributed by atoms with Crippen LogP contribution in [-0.2, 0) is 6.61 Å². The number of rotatable bonds is 4. The number of aliphatic hydroxyl groups is 1. The van der Waals surface area contributed by atoms with Gasteiger partial charge in [-0.15, -0.1) is 0 Å². The number of aromatic nitrogens is 1. The molecule has 0 aliphatic heterocycles. The van der Waals surface area contributed by atoms with Gasteiger partial charge in [0.25, 0.3) is 0 Å². The standard InChI is InChI=1S/C13H15NO2/c1-2-7-16-13-12-6-4-3-5-10(12)8-11(9-15)14-13/h3-6,8,15H,2,7,9H2,1H3. The minimum Gasteiger partial charge on any atom is -0.477 e. The highest BCUT2D eigenvalue weighted by molar-refractivity contribution is 5.87. The summed E-state index contributed by atoms with van der Waals surface area (Å²) in [5, 5.41) is 11.2. The molecule has 1 aromatic carbocycles. The molecule has 0 saturated heterocycles. The van der Waals surface area contributed by atoms with Gasteiger partial charge in [0.05, 0.1) is 18.9 Å². The van der Waals surface area contributed by atoms with E-state index in [4.69, 9.17) is 9.84 Å². The summed E-state index contributed by atoms with van der Waals surface area (Å²) >= 11 is 0. The molecule has 0 spiro atoms. The van der Waals surface area contributed by atoms with E-state index in [2.05, 4.69) is 11.9 Å². The van der Waals surface area contributed by atoms with Crippen molar-refractivity contribution in [1.29, 1.82) is 0 Å². The third-order valence-electron chi connectivity index (χ3n) is 2.36. The van der Waals surface area contributed by atoms with Crippen molar-refractivity contribution in [2.45, 2.75) is 20.0 Å². The molecule has 3 heteroatoms. The first-order chi connectivity index (χ1) is 7.85. The van der Waals surface area contributed by atoms with Crippen LogP contribution < -0.4 is 4.74 Å². The molecule has 0 bridgehead atoms. The highest BCUT2D eigenvalue weighted by atomic mass is 16.5. The summed E-state index contributed by atoms with van der Waals surface area (Å²) in [6, 6.07) is 9.78. The van der Waals surface area contributed by atoms with Crippen LogP contribution >= 0.6 is 0 Å². The van der Waals surface area contributed by atoms with E-state index in [0.717, 1.165) is 17.2 Å². The number of aliphatic hydroxyl groups excluding tert-OH is 1. The summed E-state index contributed by atoms with van der Waals surface area (Å²) in [7, 11) is 0. The smallest absolute Gasteiger partial charge is 0.221 e. The topological polar surface area (TPSA) is 42.4 Å². The molecule has 84 valence electrons. The van der Waals surface area contributed by atoms with Crippen LogP contribution in [0.5, 0.6) is 5.88 Å². The minimum atomic E-state index is -0.0622. The Hall–Kier alpha value is -1.61. The Morgan fingerprint density at radius 3 is 2.88 bits per heavy atom. The average Bonchev–Trinajstić information content (AvgIpc) is 2.35. The highest BCUT2D eigenvalue weighted by Crippen LogP contribution is 2.24. The average molecular weight is 217 g/mol. The van der Waals surface area contributed by atoms with Gasteiger partial charge in [-0.1, -0.05) is 25.1 Å². The molecule has 1 N–H and O–H groups in total. The fraction of sp³-hybridized carbons (Fsp3) is 0.308. The van der Waals surface area contributed by atoms with E-state index in [0.29, 0.717) is 18.2 Å². The van der Waals surface area contributed by atoms with E-state index in [-0.39, 0.29) is 6.61 Å². The normalized spacial score (nSPS) is 10.6. The lowest BCUT2D eigenvalue weighted by atomic mass is 10.1. The Morgan fingerprint density at radius 1 is 1.31 bits per heavy atom. The Kier molecular flexibility index (Phi) is 3.37. The van der Waals surface area contributed by atoms with Gasteiger partial charge >= 0.3 is 0 Å². The molecule has 3 nitrogen and oxygen atoms in total. The van der Waals surface area contributed by atoms with Crippen molar-refractivity contribution in [3.8, 4) is 5.88 Å². The predicted molar refractivity (Wildman–Crippen MR) is 63.5 cm³/mol. The van der Waals surface area contributed by atoms with E-state index in [1.165, 1.54) is 0 Å². The molecule has 0 aliphatic rings. The summed E-state index contributed by atoms with van der Waals surface area (Å²) in [5.41, 5.74) is 0.643. The van der Waals surface area contributed by atoms with Crippen LogP contribution in [0, 0.1) is 0 Å². The number of hydrogen-bond donors (Lipinski definition) is 1. The van der Waals surface area contributed by atoms with Crippen LogP contribution in [0.15, 0.2) is 30.3 Å². The first-order valence-electron chi connectivity index (χ1n) is 5.47. The largest absolute Gasteiger partial charge is 0.477 e. The van der Waals surface area contributed by atoms with Crippen LogP contribution in [0.4, 0.5) is 0 Å². The van der Waals surface area contributed by atoms with Crippen molar-refractivity contribution in [1.82, 2.24) is 4.98 Å². The summed E-state index contributed by atoms with van der Waals surface area (Å²) in [6.07, 6.45) is 0.944. The maximum absolute atomic E-state index is 9.13. The fourth-order valence-corrected chi connectivity index (χ4v) is 1.61. The van der Waals surface area contributed by atoms with Crippen LogP contribution in [0.1, 0.15) is 19.0 Å². The molecule has 2 aromatic rings. The van der Waals surface area contributed by atoms with Gasteiger partial charge < -0.3 is 9.84 Å². The van der Waals surface area contributed by atoms with Crippen LogP contribution in [0.3, 0.4) is 0 Å². The second kappa shape index (κ2) is 4.94. The predicted octanol–water partition coefficient (Wildman–Crippen LogP) is 2.52. The summed E-state index contributed by atoms with van der Waals surface area (Å²) in [4.78, 5) is 4.28. The molecule has 0 fully saturated rings. The zero-order valence-corrected chi connectivity index (χ0v) is 9.31. The quantitative estimate of drug-likeness (QED) is 0.855. The molecular formula is C13H15NO2. The van der Waals surface area contributed by atoms with Crippen LogP contribution in [0.2, 0.25) is 0 Å². The Balaban J connectivity index is 2.50. The summed E-state index contributed by atoms with van der Waals surface area (Å²) < 4.78 is 5.59. The van der Waals surface area contributed by atoms with E-state index >= 15 is 0 Å². The molecule has 0 radical (unpaired) electrons. The second-order valence-electron chi connectivity index (χ2n) is 3.65. The maximum Gasteiger partial charge on any atom is 0.221 e. The highest BCUT2D eigenvalue weighted by Gasteiger charge is 2.05. The van der Waals surface area contributed by atoms with Gasteiger partial charge in [0.1, 0.15) is 0 Å². The molecule has 1 aromatic heterocycles. The lowest BCUT2D eigenvalue weighted by Gasteiger charge is -2.09. The van der Waals surface area contributed by atoms with Crippen molar-refractivity contribution in [2.75, 3.05) is 6.61 Å². The Bertz CT molecular complexity index is 482. The van der Waals surface area contributed by atoms with E-state index in [1.54, 1.807) is 0 Å². The van der Waals surface area contributed by atoms with E-state index in [9.17, 15) is 0 Å². The zero-order chi connectivity index (χ0) is 11.4. The monoisotopic (exact) mass is 217 g/mol. The molecule has 2 rings (SSSR count). The number of hydrogen-bond acceptors (Lipinski definition) is 3. The Labute approximate surface area is 94.7 Å². The molecule has 0 unspecified atom stereocenters. The SMILES string of the molecule is CCCOc1nc(CO)cc2ccccc12. The van der Waals surface area contributed by atoms with Crippen molar-refractivity contribution >= 4 is 10.8 Å². The zero-order valence-electron chi connectivity index (χ0n) is 9.31. The van der Waals surface area contributed by atoms with Gasteiger partial charge in [-0.2, -0.15) is 0 Å². The van der Waals surface area contributed by atoms with Gasteiger partial charge in [0, 0.05) is 5.39 Å². The first kappa shape index (κ1) is 10.9. The van der Waals surface area contributed by atoms with Crippen LogP contribution in [-0.4, -0.2) is 16.7 Å². The second-order valence-corrected chi connectivity index (χ2v) is 3.65. The number of benzene rings is 1. The molecule has 1 heterocycles. The molecule has 16 heavy (non-hydrogen) atoms. The third kappa shape index (κ3) is 2.14. The molecule has 0 aliphatic carbocycles. The van der Waals surface area contributed by atoms with Crippen molar-refractivity contribution in [3.05, 3.63) is 36.0 Å². The molecule has 0 saturated carbocycles. The third-order valence-corrected chi connectivity index (χ3v) is 2.36. The number of nitrogens with zero attached hydrogens (tertiary/aromatic N) is 1. The van der Waals surface area contributed by atoms with Crippen molar-refractivity contribution < 1.29 is 9.84 Å². The van der Waals surface area contributed by atoms with Gasteiger partial charge in [-0.25, -0.2) is 4.98 Å². The fourth-order valence-electron chi connectivity index (χ4n) is 1.61. The Morgan fingerprint density at radius 2 is 2.12 bits per heavy atom. The number of fused-ring (bicyclic) bond motifs is 1. The summed E-state index contributed by atoms with van der Waals surface area (Å²) in [6.45, 7) is 2.64. The molecule has 0 atom stereocenters.